The summed E-state index contributed by atoms with van der Waals surface area (Å²) in [7, 11) is 0. The molecule has 2 heterocycles. The number of halogens is 1. The molecule has 1 aliphatic heterocycles. The zero-order valence-electron chi connectivity index (χ0n) is 16.3. The van der Waals surface area contributed by atoms with E-state index in [1.807, 2.05) is 0 Å². The Morgan fingerprint density at radius 3 is 2.72 bits per heavy atom. The average Bonchev–Trinajstić information content (AvgIpc) is 3.09. The standard InChI is InChI=1S/C21H24FN3O2S2/c1-13-11-17-19(29-13)20(27)25(16-9-7-14(22)8-10-16)21(24-17)28-12-18(26)23-15-5-3-2-4-6-15/h7-10,13,15H,2-6,11-12H2,1H3,(H,23,26)/t13-/m0/s1. The molecule has 2 aromatic rings. The first-order valence-corrected chi connectivity index (χ1v) is 11.9. The van der Waals surface area contributed by atoms with Crippen molar-refractivity contribution in [1.82, 2.24) is 14.9 Å². The Hall–Kier alpha value is -1.80. The number of carbonyl (C=O) groups excluding carboxylic acids is 1. The fourth-order valence-corrected chi connectivity index (χ4v) is 5.80. The molecule has 5 nitrogen and oxygen atoms in total. The fraction of sp³-hybridized carbons (Fsp3) is 0.476. The van der Waals surface area contributed by atoms with Gasteiger partial charge in [0.25, 0.3) is 5.56 Å². The third-order valence-electron chi connectivity index (χ3n) is 5.27. The predicted octanol–water partition coefficient (Wildman–Crippen LogP) is 3.95. The van der Waals surface area contributed by atoms with Gasteiger partial charge in [0.2, 0.25) is 5.91 Å². The molecule has 4 rings (SSSR count). The van der Waals surface area contributed by atoms with Crippen molar-refractivity contribution in [3.63, 3.8) is 0 Å². The van der Waals surface area contributed by atoms with Gasteiger partial charge in [0.15, 0.2) is 5.16 Å². The maximum absolute atomic E-state index is 13.4. The number of hydrogen-bond acceptors (Lipinski definition) is 5. The average molecular weight is 434 g/mol. The van der Waals surface area contributed by atoms with Gasteiger partial charge in [0.1, 0.15) is 5.82 Å². The molecule has 1 aromatic heterocycles. The number of aromatic nitrogens is 2. The van der Waals surface area contributed by atoms with E-state index in [0.717, 1.165) is 37.8 Å². The van der Waals surface area contributed by atoms with Crippen LogP contribution in [0.4, 0.5) is 4.39 Å². The molecular formula is C21H24FN3O2S2. The Morgan fingerprint density at radius 2 is 2.00 bits per heavy atom. The molecule has 0 bridgehead atoms. The van der Waals surface area contributed by atoms with Crippen molar-refractivity contribution in [2.24, 2.45) is 0 Å². The summed E-state index contributed by atoms with van der Waals surface area (Å²) in [5.74, 6) is -0.198. The van der Waals surface area contributed by atoms with Crippen LogP contribution in [0.1, 0.15) is 44.7 Å². The van der Waals surface area contributed by atoms with Crippen LogP contribution >= 0.6 is 23.5 Å². The van der Waals surface area contributed by atoms with E-state index < -0.39 is 0 Å². The van der Waals surface area contributed by atoms with Gasteiger partial charge in [-0.05, 0) is 37.1 Å². The number of nitrogens with one attached hydrogen (secondary N) is 1. The number of benzene rings is 1. The first-order chi connectivity index (χ1) is 14.0. The lowest BCUT2D eigenvalue weighted by Gasteiger charge is -2.22. The van der Waals surface area contributed by atoms with Crippen LogP contribution in [0, 0.1) is 5.82 Å². The minimum absolute atomic E-state index is 0.0370. The second kappa shape index (κ2) is 8.92. The molecule has 1 N–H and O–H groups in total. The molecule has 0 unspecified atom stereocenters. The Labute approximate surface area is 177 Å². The van der Waals surface area contributed by atoms with E-state index >= 15 is 0 Å². The highest BCUT2D eigenvalue weighted by Gasteiger charge is 2.27. The number of rotatable bonds is 5. The van der Waals surface area contributed by atoms with Crippen molar-refractivity contribution in [3.05, 3.63) is 46.1 Å². The molecule has 1 fully saturated rings. The Morgan fingerprint density at radius 1 is 1.28 bits per heavy atom. The molecule has 0 spiro atoms. The number of thioether (sulfide) groups is 2. The third kappa shape index (κ3) is 4.69. The van der Waals surface area contributed by atoms with Crippen LogP contribution in [-0.4, -0.2) is 32.5 Å². The molecule has 1 saturated carbocycles. The lowest BCUT2D eigenvalue weighted by Crippen LogP contribution is -2.37. The largest absolute Gasteiger partial charge is 0.353 e. The van der Waals surface area contributed by atoms with Crippen LogP contribution in [0.5, 0.6) is 0 Å². The van der Waals surface area contributed by atoms with Gasteiger partial charge in [-0.3, -0.25) is 14.2 Å². The van der Waals surface area contributed by atoms with Crippen molar-refractivity contribution in [1.29, 1.82) is 0 Å². The summed E-state index contributed by atoms with van der Waals surface area (Å²) in [6.07, 6.45) is 6.35. The third-order valence-corrected chi connectivity index (χ3v) is 7.42. The lowest BCUT2D eigenvalue weighted by atomic mass is 9.95. The smallest absolute Gasteiger partial charge is 0.272 e. The molecule has 1 amide bonds. The van der Waals surface area contributed by atoms with Gasteiger partial charge >= 0.3 is 0 Å². The molecule has 154 valence electrons. The van der Waals surface area contributed by atoms with E-state index in [2.05, 4.69) is 12.2 Å². The maximum atomic E-state index is 13.4. The van der Waals surface area contributed by atoms with Crippen molar-refractivity contribution in [2.75, 3.05) is 5.75 Å². The van der Waals surface area contributed by atoms with Crippen molar-refractivity contribution in [3.8, 4) is 5.69 Å². The van der Waals surface area contributed by atoms with E-state index in [1.165, 1.54) is 46.6 Å². The minimum Gasteiger partial charge on any atom is -0.353 e. The topological polar surface area (TPSA) is 64.0 Å². The zero-order chi connectivity index (χ0) is 20.4. The molecule has 2 aliphatic rings. The number of carbonyl (C=O) groups is 1. The van der Waals surface area contributed by atoms with Gasteiger partial charge in [0, 0.05) is 17.7 Å². The highest BCUT2D eigenvalue weighted by Crippen LogP contribution is 2.34. The molecule has 0 radical (unpaired) electrons. The molecule has 1 aromatic carbocycles. The number of nitrogens with zero attached hydrogens (tertiary/aromatic N) is 2. The normalized spacial score (nSPS) is 19.2. The van der Waals surface area contributed by atoms with E-state index in [4.69, 9.17) is 4.98 Å². The van der Waals surface area contributed by atoms with Gasteiger partial charge in [0.05, 0.1) is 22.0 Å². The maximum Gasteiger partial charge on any atom is 0.272 e. The van der Waals surface area contributed by atoms with Gasteiger partial charge in [-0.25, -0.2) is 9.37 Å². The predicted molar refractivity (Wildman–Crippen MR) is 115 cm³/mol. The Bertz CT molecular complexity index is 956. The first kappa shape index (κ1) is 20.5. The van der Waals surface area contributed by atoms with Crippen LogP contribution in [0.3, 0.4) is 0 Å². The van der Waals surface area contributed by atoms with E-state index in [0.29, 0.717) is 21.0 Å². The molecule has 1 atom stereocenters. The molecule has 29 heavy (non-hydrogen) atoms. The molecule has 1 aliphatic carbocycles. The summed E-state index contributed by atoms with van der Waals surface area (Å²) in [6.45, 7) is 2.07. The van der Waals surface area contributed by atoms with E-state index in [-0.39, 0.29) is 29.1 Å². The van der Waals surface area contributed by atoms with Crippen molar-refractivity contribution < 1.29 is 9.18 Å². The van der Waals surface area contributed by atoms with Crippen LogP contribution < -0.4 is 10.9 Å². The summed E-state index contributed by atoms with van der Waals surface area (Å²) < 4.78 is 14.9. The van der Waals surface area contributed by atoms with Crippen LogP contribution in [0.15, 0.2) is 39.1 Å². The van der Waals surface area contributed by atoms with Gasteiger partial charge in [-0.15, -0.1) is 11.8 Å². The molecule has 8 heteroatoms. The van der Waals surface area contributed by atoms with Crippen LogP contribution in [0.25, 0.3) is 5.69 Å². The highest BCUT2D eigenvalue weighted by molar-refractivity contribution is 8.00. The van der Waals surface area contributed by atoms with E-state index in [1.54, 1.807) is 12.1 Å². The van der Waals surface area contributed by atoms with Gasteiger partial charge in [-0.1, -0.05) is 37.9 Å². The highest BCUT2D eigenvalue weighted by atomic mass is 32.2. The van der Waals surface area contributed by atoms with Gasteiger partial charge in [-0.2, -0.15) is 0 Å². The zero-order valence-corrected chi connectivity index (χ0v) is 18.0. The summed E-state index contributed by atoms with van der Waals surface area (Å²) in [5, 5.41) is 3.87. The summed E-state index contributed by atoms with van der Waals surface area (Å²) in [4.78, 5) is 31.0. The quantitative estimate of drug-likeness (QED) is 0.571. The van der Waals surface area contributed by atoms with Crippen molar-refractivity contribution in [2.45, 2.75) is 66.8 Å². The number of hydrogen-bond donors (Lipinski definition) is 1. The second-order valence-corrected chi connectivity index (χ2v) is 10.0. The van der Waals surface area contributed by atoms with Crippen LogP contribution in [-0.2, 0) is 11.2 Å². The Kier molecular flexibility index (Phi) is 6.29. The first-order valence-electron chi connectivity index (χ1n) is 10.0. The lowest BCUT2D eigenvalue weighted by molar-refractivity contribution is -0.119. The van der Waals surface area contributed by atoms with E-state index in [9.17, 15) is 14.0 Å². The Balaban J connectivity index is 1.59. The number of amides is 1. The monoisotopic (exact) mass is 433 g/mol. The summed E-state index contributed by atoms with van der Waals surface area (Å²) in [5.41, 5.74) is 1.20. The SMILES string of the molecule is C[C@H]1Cc2nc(SCC(=O)NC3CCCCC3)n(-c3ccc(F)cc3)c(=O)c2S1. The van der Waals surface area contributed by atoms with Gasteiger partial charge < -0.3 is 5.32 Å². The molecule has 0 saturated heterocycles. The molecular weight excluding hydrogens is 409 g/mol. The fourth-order valence-electron chi connectivity index (χ4n) is 3.86. The van der Waals surface area contributed by atoms with Crippen molar-refractivity contribution >= 4 is 29.4 Å². The second-order valence-electron chi connectivity index (χ2n) is 7.61. The van der Waals surface area contributed by atoms with Crippen LogP contribution in [0.2, 0.25) is 0 Å². The number of fused-ring (bicyclic) bond motifs is 1. The minimum atomic E-state index is -0.361. The summed E-state index contributed by atoms with van der Waals surface area (Å²) in [6, 6.07) is 6.05. The summed E-state index contributed by atoms with van der Waals surface area (Å²) >= 11 is 2.79.